The molecule has 0 spiro atoms. The number of aromatic nitrogens is 2. The average molecular weight is 509 g/mol. The summed E-state index contributed by atoms with van der Waals surface area (Å²) in [6.07, 6.45) is 3.41. The molecule has 0 bridgehead atoms. The van der Waals surface area contributed by atoms with Crippen LogP contribution in [0.4, 0.5) is 0 Å². The van der Waals surface area contributed by atoms with E-state index >= 15 is 0 Å². The second-order valence-corrected chi connectivity index (χ2v) is 9.44. The second kappa shape index (κ2) is 12.0. The van der Waals surface area contributed by atoms with Crippen molar-refractivity contribution in [2.24, 2.45) is 5.92 Å². The number of methoxy groups -OCH3 is 3. The Morgan fingerprint density at radius 2 is 1.70 bits per heavy atom. The molecule has 1 aliphatic heterocycles. The van der Waals surface area contributed by atoms with Crippen LogP contribution in [0.2, 0.25) is 0 Å². The summed E-state index contributed by atoms with van der Waals surface area (Å²) in [5, 5.41) is 2.96. The van der Waals surface area contributed by atoms with E-state index in [-0.39, 0.29) is 18.4 Å². The summed E-state index contributed by atoms with van der Waals surface area (Å²) in [4.78, 5) is 32.7. The number of para-hydroxylation sites is 2. The van der Waals surface area contributed by atoms with Gasteiger partial charge in [0, 0.05) is 31.6 Å². The van der Waals surface area contributed by atoms with Gasteiger partial charge in [-0.3, -0.25) is 9.59 Å². The van der Waals surface area contributed by atoms with Crippen LogP contribution in [0.25, 0.3) is 11.0 Å². The van der Waals surface area contributed by atoms with Gasteiger partial charge in [-0.2, -0.15) is 0 Å². The third kappa shape index (κ3) is 5.98. The van der Waals surface area contributed by atoms with Crippen LogP contribution in [0.1, 0.15) is 42.4 Å². The molecule has 0 aliphatic carbocycles. The number of imidazole rings is 1. The van der Waals surface area contributed by atoms with Crippen molar-refractivity contribution in [3.63, 3.8) is 0 Å². The molecular weight excluding hydrogens is 472 g/mol. The Kier molecular flexibility index (Phi) is 8.53. The highest BCUT2D eigenvalue weighted by atomic mass is 16.5. The predicted molar refractivity (Wildman–Crippen MR) is 141 cm³/mol. The third-order valence-electron chi connectivity index (χ3n) is 6.95. The Morgan fingerprint density at radius 1 is 1.03 bits per heavy atom. The first-order valence-electron chi connectivity index (χ1n) is 12.7. The zero-order valence-corrected chi connectivity index (χ0v) is 22.1. The lowest BCUT2D eigenvalue weighted by Gasteiger charge is -2.30. The van der Waals surface area contributed by atoms with Crippen LogP contribution in [0.5, 0.6) is 17.2 Å². The van der Waals surface area contributed by atoms with Gasteiger partial charge in [-0.05, 0) is 49.4 Å². The number of aryl methyl sites for hydroxylation is 1. The average Bonchev–Trinajstić information content (AvgIpc) is 3.27. The predicted octanol–water partition coefficient (Wildman–Crippen LogP) is 3.68. The van der Waals surface area contributed by atoms with Crippen molar-refractivity contribution in [1.82, 2.24) is 19.8 Å². The molecule has 2 aromatic carbocycles. The molecule has 3 aromatic rings. The SMILES string of the molecule is COc1cc(C(=O)NCCCc2nc3ccccc3n2CC(=O)N2CCC(C)CC2)cc(OC)c1OC. The molecule has 0 atom stereocenters. The van der Waals surface area contributed by atoms with Crippen LogP contribution in [-0.4, -0.2) is 67.2 Å². The van der Waals surface area contributed by atoms with Crippen molar-refractivity contribution in [3.05, 3.63) is 47.8 Å². The van der Waals surface area contributed by atoms with Gasteiger partial charge in [-0.25, -0.2) is 4.98 Å². The van der Waals surface area contributed by atoms with Crippen LogP contribution in [0.15, 0.2) is 36.4 Å². The zero-order valence-electron chi connectivity index (χ0n) is 22.1. The number of nitrogens with zero attached hydrogens (tertiary/aromatic N) is 3. The van der Waals surface area contributed by atoms with Crippen molar-refractivity contribution >= 4 is 22.8 Å². The van der Waals surface area contributed by atoms with Gasteiger partial charge in [0.15, 0.2) is 11.5 Å². The monoisotopic (exact) mass is 508 g/mol. The first kappa shape index (κ1) is 26.3. The highest BCUT2D eigenvalue weighted by Gasteiger charge is 2.22. The van der Waals surface area contributed by atoms with Gasteiger partial charge in [-0.1, -0.05) is 19.1 Å². The topological polar surface area (TPSA) is 94.9 Å². The lowest BCUT2D eigenvalue weighted by Crippen LogP contribution is -2.40. The summed E-state index contributed by atoms with van der Waals surface area (Å²) >= 11 is 0. The molecule has 198 valence electrons. The molecular formula is C28H36N4O5. The molecule has 1 fully saturated rings. The van der Waals surface area contributed by atoms with Gasteiger partial charge in [0.2, 0.25) is 11.7 Å². The summed E-state index contributed by atoms with van der Waals surface area (Å²) in [6, 6.07) is 11.1. The van der Waals surface area contributed by atoms with Gasteiger partial charge in [0.05, 0.1) is 32.4 Å². The van der Waals surface area contributed by atoms with E-state index in [2.05, 4.69) is 12.2 Å². The highest BCUT2D eigenvalue weighted by molar-refractivity contribution is 5.95. The molecule has 2 amide bonds. The number of hydrogen-bond donors (Lipinski definition) is 1. The summed E-state index contributed by atoms with van der Waals surface area (Å²) in [5.41, 5.74) is 2.25. The number of fused-ring (bicyclic) bond motifs is 1. The van der Waals surface area contributed by atoms with Crippen molar-refractivity contribution in [3.8, 4) is 17.2 Å². The minimum Gasteiger partial charge on any atom is -0.493 e. The van der Waals surface area contributed by atoms with Crippen molar-refractivity contribution in [2.45, 2.75) is 39.2 Å². The van der Waals surface area contributed by atoms with Crippen molar-refractivity contribution < 1.29 is 23.8 Å². The zero-order chi connectivity index (χ0) is 26.4. The maximum absolute atomic E-state index is 13.1. The highest BCUT2D eigenvalue weighted by Crippen LogP contribution is 2.38. The second-order valence-electron chi connectivity index (χ2n) is 9.44. The minimum atomic E-state index is -0.234. The molecule has 37 heavy (non-hydrogen) atoms. The summed E-state index contributed by atoms with van der Waals surface area (Å²) in [6.45, 7) is 4.60. The number of likely N-dealkylation sites (tertiary alicyclic amines) is 1. The summed E-state index contributed by atoms with van der Waals surface area (Å²) in [7, 11) is 4.55. The fraction of sp³-hybridized carbons (Fsp3) is 0.464. The van der Waals surface area contributed by atoms with Crippen LogP contribution in [0.3, 0.4) is 0 Å². The number of carbonyl (C=O) groups is 2. The minimum absolute atomic E-state index is 0.131. The Labute approximate surface area is 217 Å². The number of nitrogens with one attached hydrogen (secondary N) is 1. The van der Waals surface area contributed by atoms with E-state index in [1.54, 1.807) is 12.1 Å². The number of rotatable bonds is 10. The van der Waals surface area contributed by atoms with Gasteiger partial charge in [0.1, 0.15) is 12.4 Å². The Hall–Kier alpha value is -3.75. The van der Waals surface area contributed by atoms with E-state index in [4.69, 9.17) is 19.2 Å². The van der Waals surface area contributed by atoms with Gasteiger partial charge in [-0.15, -0.1) is 0 Å². The fourth-order valence-corrected chi connectivity index (χ4v) is 4.75. The van der Waals surface area contributed by atoms with E-state index < -0.39 is 0 Å². The standard InChI is InChI=1S/C28H36N4O5/c1-19-11-14-31(15-12-19)26(33)18-32-22-9-6-5-8-21(22)30-25(32)10-7-13-29-28(34)20-16-23(35-2)27(37-4)24(17-20)36-3/h5-6,8-9,16-17,19H,7,10-15,18H2,1-4H3,(H,29,34). The number of amides is 2. The molecule has 1 aromatic heterocycles. The van der Waals surface area contributed by atoms with Gasteiger partial charge >= 0.3 is 0 Å². The molecule has 0 radical (unpaired) electrons. The number of hydrogen-bond acceptors (Lipinski definition) is 6. The Morgan fingerprint density at radius 3 is 2.35 bits per heavy atom. The summed E-state index contributed by atoms with van der Waals surface area (Å²) < 4.78 is 18.1. The first-order chi connectivity index (χ1) is 17.9. The molecule has 1 saturated heterocycles. The smallest absolute Gasteiger partial charge is 0.251 e. The van der Waals surface area contributed by atoms with Crippen LogP contribution in [-0.2, 0) is 17.8 Å². The number of benzene rings is 2. The molecule has 1 aliphatic rings. The molecule has 2 heterocycles. The van der Waals surface area contributed by atoms with E-state index in [1.807, 2.05) is 33.7 Å². The Balaban J connectivity index is 1.41. The quantitative estimate of drug-likeness (QED) is 0.420. The lowest BCUT2D eigenvalue weighted by atomic mass is 9.99. The first-order valence-corrected chi connectivity index (χ1v) is 12.7. The van der Waals surface area contributed by atoms with Gasteiger partial charge < -0.3 is 29.0 Å². The number of ether oxygens (including phenoxy) is 3. The maximum Gasteiger partial charge on any atom is 0.251 e. The Bertz CT molecular complexity index is 1220. The fourth-order valence-electron chi connectivity index (χ4n) is 4.75. The van der Waals surface area contributed by atoms with E-state index in [9.17, 15) is 9.59 Å². The molecule has 1 N–H and O–H groups in total. The van der Waals surface area contributed by atoms with E-state index in [0.717, 1.165) is 42.8 Å². The van der Waals surface area contributed by atoms with Crippen molar-refractivity contribution in [1.29, 1.82) is 0 Å². The van der Waals surface area contributed by atoms with E-state index in [0.29, 0.717) is 48.1 Å². The largest absolute Gasteiger partial charge is 0.493 e. The molecule has 9 nitrogen and oxygen atoms in total. The normalized spacial score (nSPS) is 14.0. The molecule has 0 unspecified atom stereocenters. The molecule has 9 heteroatoms. The maximum atomic E-state index is 13.1. The lowest BCUT2D eigenvalue weighted by molar-refractivity contribution is -0.133. The number of piperidine rings is 1. The van der Waals surface area contributed by atoms with Crippen LogP contribution < -0.4 is 19.5 Å². The molecule has 0 saturated carbocycles. The third-order valence-corrected chi connectivity index (χ3v) is 6.95. The summed E-state index contributed by atoms with van der Waals surface area (Å²) in [5.74, 6) is 2.70. The van der Waals surface area contributed by atoms with Crippen molar-refractivity contribution in [2.75, 3.05) is 41.0 Å². The van der Waals surface area contributed by atoms with E-state index in [1.165, 1.54) is 21.3 Å². The van der Waals surface area contributed by atoms with Crippen LogP contribution in [0, 0.1) is 5.92 Å². The van der Waals surface area contributed by atoms with Gasteiger partial charge in [0.25, 0.3) is 5.91 Å². The van der Waals surface area contributed by atoms with Crippen LogP contribution >= 0.6 is 0 Å². The molecule has 4 rings (SSSR count). The number of carbonyl (C=O) groups excluding carboxylic acids is 2.